The Labute approximate surface area is 355 Å². The predicted octanol–water partition coefficient (Wildman–Crippen LogP) is 6.48. The van der Waals surface area contributed by atoms with Crippen molar-refractivity contribution in [3.05, 3.63) is 71.6 Å². The predicted molar refractivity (Wildman–Crippen MR) is 226 cm³/mol. The molecule has 0 spiro atoms. The molecule has 2 aliphatic carbocycles. The minimum atomic E-state index is -0.681. The molecule has 3 saturated heterocycles. The first kappa shape index (κ1) is 40.7. The number of fused-ring (bicyclic) bond motifs is 5. The number of aromatic nitrogens is 4. The van der Waals surface area contributed by atoms with Crippen LogP contribution in [0.2, 0.25) is 0 Å². The third-order valence-corrected chi connectivity index (χ3v) is 13.8. The number of methoxy groups -OCH3 is 2. The first-order valence-corrected chi connectivity index (χ1v) is 21.9. The molecule has 61 heavy (non-hydrogen) atoms. The first-order chi connectivity index (χ1) is 29.6. The Morgan fingerprint density at radius 3 is 2.05 bits per heavy atom. The summed E-state index contributed by atoms with van der Waals surface area (Å²) >= 11 is 0. The van der Waals surface area contributed by atoms with Gasteiger partial charge in [-0.25, -0.2) is 19.6 Å². The van der Waals surface area contributed by atoms with Gasteiger partial charge in [0, 0.05) is 25.8 Å². The second-order valence-electron chi connectivity index (χ2n) is 17.6. The molecule has 3 aliphatic heterocycles. The van der Waals surface area contributed by atoms with Crippen LogP contribution in [0.1, 0.15) is 93.7 Å². The van der Waals surface area contributed by atoms with Gasteiger partial charge in [0.15, 0.2) is 0 Å². The van der Waals surface area contributed by atoms with E-state index in [1.807, 2.05) is 36.0 Å². The number of carbonyl (C=O) groups excluding carboxylic acids is 4. The fourth-order valence-corrected chi connectivity index (χ4v) is 10.6. The van der Waals surface area contributed by atoms with Crippen LogP contribution in [0.25, 0.3) is 33.6 Å². The van der Waals surface area contributed by atoms with E-state index in [0.29, 0.717) is 38.5 Å². The van der Waals surface area contributed by atoms with Crippen LogP contribution >= 0.6 is 0 Å². The average molecular weight is 833 g/mol. The number of ether oxygens (including phenoxy) is 3. The van der Waals surface area contributed by atoms with Gasteiger partial charge >= 0.3 is 12.2 Å². The normalized spacial score (nSPS) is 23.0. The van der Waals surface area contributed by atoms with Crippen molar-refractivity contribution >= 4 is 24.0 Å². The zero-order chi connectivity index (χ0) is 42.4. The molecule has 4 fully saturated rings. The number of aromatic amines is 2. The minimum Gasteiger partial charge on any atom is -0.453 e. The van der Waals surface area contributed by atoms with Gasteiger partial charge in [-0.15, -0.1) is 0 Å². The highest BCUT2D eigenvalue weighted by Gasteiger charge is 2.51. The molecule has 15 nitrogen and oxygen atoms in total. The number of piperidine rings is 1. The molecule has 9 rings (SSSR count). The van der Waals surface area contributed by atoms with E-state index < -0.39 is 24.3 Å². The number of alkyl carbamates (subject to hydrolysis) is 2. The molecule has 6 atom stereocenters. The standard InChI is InChI=1S/C46H56N8O7/c1-25(2)38(51-45(57)59-3)44(56)54-32-12-9-31(22-32)40(54)42-48-24-36(50-42)30-11-14-34-28(21-30)8-7-27-20-29(10-13-33(27)34)35-23-47-41(49-35)37-6-5-17-53(37)43(55)39(52-46(58)60-4)26-15-18-61-19-16-26/h10-11,13-14,20-21,23-26,31-32,37-40H,5-9,12,15-19,22H2,1-4H3,(H,47,49)(H,48,50)(H,51,57)(H,52,58)/t31-,32?,37-,38-,39-,40-/m0/s1. The average Bonchev–Trinajstić information content (AvgIpc) is 4.15. The SMILES string of the molecule is COC(=O)N[C@H](C(=O)N1C2CC[C@@H](C2)[C@H]1c1ncc(-c2ccc3c(c2)CCc2cc(-c4cnc([C@@H]5CCCN5C(=O)[C@@H](NC(=O)OC)C5CCOCC5)[nH]4)ccc2-3)[nH]1)C(C)C. The summed E-state index contributed by atoms with van der Waals surface area (Å²) in [6.07, 6.45) is 10.3. The molecule has 1 unspecified atom stereocenters. The summed E-state index contributed by atoms with van der Waals surface area (Å²) in [4.78, 5) is 73.2. The highest BCUT2D eigenvalue weighted by molar-refractivity contribution is 5.88. The van der Waals surface area contributed by atoms with Crippen LogP contribution in [-0.2, 0) is 36.6 Å². The summed E-state index contributed by atoms with van der Waals surface area (Å²) in [5, 5.41) is 5.60. The fourth-order valence-electron chi connectivity index (χ4n) is 10.6. The van der Waals surface area contributed by atoms with E-state index in [1.54, 1.807) is 0 Å². The lowest BCUT2D eigenvalue weighted by Crippen LogP contribution is -2.54. The third-order valence-electron chi connectivity index (χ3n) is 13.8. The van der Waals surface area contributed by atoms with E-state index in [1.165, 1.54) is 36.5 Å². The lowest BCUT2D eigenvalue weighted by molar-refractivity contribution is -0.139. The summed E-state index contributed by atoms with van der Waals surface area (Å²) < 4.78 is 15.3. The number of benzene rings is 2. The lowest BCUT2D eigenvalue weighted by atomic mass is 9.83. The molecule has 5 heterocycles. The van der Waals surface area contributed by atoms with Gasteiger partial charge in [0.05, 0.1) is 50.1 Å². The second-order valence-corrected chi connectivity index (χ2v) is 17.6. The van der Waals surface area contributed by atoms with Crippen molar-refractivity contribution < 1.29 is 33.4 Å². The number of imidazole rings is 2. The van der Waals surface area contributed by atoms with E-state index in [0.717, 1.165) is 79.1 Å². The van der Waals surface area contributed by atoms with Gasteiger partial charge in [-0.05, 0) is 121 Å². The molecule has 1 saturated carbocycles. The molecule has 4 aromatic rings. The number of rotatable bonds is 10. The number of amides is 4. The summed E-state index contributed by atoms with van der Waals surface area (Å²) in [7, 11) is 2.63. The van der Waals surface area contributed by atoms with Crippen molar-refractivity contribution in [3.63, 3.8) is 0 Å². The largest absolute Gasteiger partial charge is 0.453 e. The quantitative estimate of drug-likeness (QED) is 0.139. The van der Waals surface area contributed by atoms with Crippen LogP contribution in [0.15, 0.2) is 48.8 Å². The highest BCUT2D eigenvalue weighted by atomic mass is 16.5. The Bertz CT molecular complexity index is 2300. The van der Waals surface area contributed by atoms with Crippen molar-refractivity contribution in [3.8, 4) is 33.6 Å². The van der Waals surface area contributed by atoms with E-state index in [-0.39, 0.29) is 41.8 Å². The van der Waals surface area contributed by atoms with Crippen molar-refractivity contribution in [2.45, 2.75) is 102 Å². The Morgan fingerprint density at radius 2 is 1.41 bits per heavy atom. The number of nitrogens with one attached hydrogen (secondary N) is 4. The fraction of sp³-hybridized carbons (Fsp3) is 0.522. The molecule has 2 aromatic heterocycles. The molecular formula is C46H56N8O7. The number of hydrogen-bond donors (Lipinski definition) is 4. The van der Waals surface area contributed by atoms with E-state index >= 15 is 0 Å². The van der Waals surface area contributed by atoms with Gasteiger partial charge in [-0.1, -0.05) is 38.1 Å². The van der Waals surface area contributed by atoms with Crippen molar-refractivity contribution in [1.82, 2.24) is 40.4 Å². The minimum absolute atomic E-state index is 0.0242. The number of nitrogens with zero attached hydrogens (tertiary/aromatic N) is 4. The number of carbonyl (C=O) groups is 4. The molecule has 322 valence electrons. The number of aryl methyl sites for hydroxylation is 2. The zero-order valence-electron chi connectivity index (χ0n) is 35.4. The zero-order valence-corrected chi connectivity index (χ0v) is 35.4. The second kappa shape index (κ2) is 17.0. The molecule has 0 radical (unpaired) electrons. The number of H-pyrrole nitrogens is 2. The number of likely N-dealkylation sites (tertiary alicyclic amines) is 2. The Kier molecular flexibility index (Phi) is 11.3. The summed E-state index contributed by atoms with van der Waals surface area (Å²) in [5.74, 6) is 1.54. The van der Waals surface area contributed by atoms with Gasteiger partial charge in [0.25, 0.3) is 0 Å². The van der Waals surface area contributed by atoms with Gasteiger partial charge in [0.1, 0.15) is 23.7 Å². The van der Waals surface area contributed by atoms with Crippen LogP contribution in [0.4, 0.5) is 9.59 Å². The van der Waals surface area contributed by atoms with Gasteiger partial charge in [-0.3, -0.25) is 9.59 Å². The van der Waals surface area contributed by atoms with Crippen molar-refractivity contribution in [2.75, 3.05) is 34.0 Å². The van der Waals surface area contributed by atoms with Gasteiger partial charge in [-0.2, -0.15) is 0 Å². The van der Waals surface area contributed by atoms with Crippen molar-refractivity contribution in [2.24, 2.45) is 17.8 Å². The van der Waals surface area contributed by atoms with E-state index in [2.05, 4.69) is 57.0 Å². The summed E-state index contributed by atoms with van der Waals surface area (Å²) in [6.45, 7) is 5.60. The van der Waals surface area contributed by atoms with Crippen molar-refractivity contribution in [1.29, 1.82) is 0 Å². The maximum Gasteiger partial charge on any atom is 0.407 e. The maximum atomic E-state index is 14.0. The molecular weight excluding hydrogens is 777 g/mol. The highest BCUT2D eigenvalue weighted by Crippen LogP contribution is 2.50. The Hall–Kier alpha value is -5.70. The molecule has 4 N–H and O–H groups in total. The number of hydrogen-bond acceptors (Lipinski definition) is 9. The molecule has 15 heteroatoms. The summed E-state index contributed by atoms with van der Waals surface area (Å²) in [5.41, 5.74) is 8.87. The molecule has 2 bridgehead atoms. The van der Waals surface area contributed by atoms with Crippen LogP contribution in [-0.4, -0.2) is 106 Å². The molecule has 5 aliphatic rings. The van der Waals surface area contributed by atoms with Crippen LogP contribution in [0, 0.1) is 17.8 Å². The Balaban J connectivity index is 0.904. The molecule has 2 aromatic carbocycles. The third kappa shape index (κ3) is 7.77. The summed E-state index contributed by atoms with van der Waals surface area (Å²) in [6, 6.07) is 11.5. The monoisotopic (exact) mass is 832 g/mol. The van der Waals surface area contributed by atoms with Crippen LogP contribution in [0.5, 0.6) is 0 Å². The van der Waals surface area contributed by atoms with Crippen LogP contribution < -0.4 is 10.6 Å². The topological polar surface area (TPSA) is 184 Å². The van der Waals surface area contributed by atoms with Gasteiger partial charge < -0.3 is 44.6 Å². The van der Waals surface area contributed by atoms with Gasteiger partial charge in [0.2, 0.25) is 11.8 Å². The van der Waals surface area contributed by atoms with E-state index in [4.69, 9.17) is 24.2 Å². The maximum absolute atomic E-state index is 14.0. The smallest absolute Gasteiger partial charge is 0.407 e. The van der Waals surface area contributed by atoms with Crippen LogP contribution in [0.3, 0.4) is 0 Å². The Morgan fingerprint density at radius 1 is 0.787 bits per heavy atom. The molecule has 4 amide bonds. The van der Waals surface area contributed by atoms with E-state index in [9.17, 15) is 19.2 Å². The first-order valence-electron chi connectivity index (χ1n) is 21.9. The lowest BCUT2D eigenvalue weighted by Gasteiger charge is -2.37.